The molecule has 2 rings (SSSR count). The normalized spacial score (nSPS) is 13.1. The minimum absolute atomic E-state index is 0.239. The first-order valence-electron chi connectivity index (χ1n) is 6.65. The summed E-state index contributed by atoms with van der Waals surface area (Å²) >= 11 is 1.49. The molecule has 6 heteroatoms. The topological polar surface area (TPSA) is 55.6 Å². The first-order chi connectivity index (χ1) is 9.13. The predicted molar refractivity (Wildman–Crippen MR) is 77.3 cm³/mol. The Hall–Kier alpha value is -1.27. The van der Waals surface area contributed by atoms with Crippen molar-refractivity contribution in [2.24, 2.45) is 7.05 Å². The van der Waals surface area contributed by atoms with Crippen LogP contribution in [0.2, 0.25) is 0 Å². The number of aromatic nitrogens is 4. The molecular weight excluding hydrogens is 258 g/mol. The van der Waals surface area contributed by atoms with Gasteiger partial charge in [0.2, 0.25) is 0 Å². The molecule has 5 nitrogen and oxygen atoms in total. The van der Waals surface area contributed by atoms with Crippen LogP contribution in [0.5, 0.6) is 0 Å². The third kappa shape index (κ3) is 3.19. The summed E-state index contributed by atoms with van der Waals surface area (Å²) < 4.78 is 6.19. The van der Waals surface area contributed by atoms with E-state index in [0.29, 0.717) is 5.92 Å². The van der Waals surface area contributed by atoms with Gasteiger partial charge in [-0.3, -0.25) is 0 Å². The average Bonchev–Trinajstić information content (AvgIpc) is 2.98. The monoisotopic (exact) mass is 279 g/mol. The second-order valence-corrected chi connectivity index (χ2v) is 5.73. The Labute approximate surface area is 118 Å². The maximum atomic E-state index is 4.41. The van der Waals surface area contributed by atoms with Gasteiger partial charge >= 0.3 is 0 Å². The largest absolute Gasteiger partial charge is 0.338 e. The highest BCUT2D eigenvalue weighted by Gasteiger charge is 2.22. The SMILES string of the molecule is CCNC(Cc1nccn1C)c1snnc1C(C)C. The quantitative estimate of drug-likeness (QED) is 0.881. The Balaban J connectivity index is 2.24. The zero-order chi connectivity index (χ0) is 13.8. The molecule has 0 aromatic carbocycles. The fourth-order valence-corrected chi connectivity index (χ4v) is 3.01. The highest BCUT2D eigenvalue weighted by Crippen LogP contribution is 2.28. The molecule has 0 fully saturated rings. The smallest absolute Gasteiger partial charge is 0.110 e. The van der Waals surface area contributed by atoms with Crippen LogP contribution in [0, 0.1) is 0 Å². The van der Waals surface area contributed by atoms with Gasteiger partial charge in [0.25, 0.3) is 0 Å². The van der Waals surface area contributed by atoms with E-state index in [-0.39, 0.29) is 6.04 Å². The van der Waals surface area contributed by atoms with Crippen molar-refractivity contribution in [1.29, 1.82) is 0 Å². The second kappa shape index (κ2) is 6.25. The Morgan fingerprint density at radius 3 is 2.79 bits per heavy atom. The van der Waals surface area contributed by atoms with Gasteiger partial charge in [-0.05, 0) is 24.0 Å². The van der Waals surface area contributed by atoms with Crippen molar-refractivity contribution in [3.8, 4) is 0 Å². The molecule has 2 heterocycles. The van der Waals surface area contributed by atoms with Crippen LogP contribution in [0.1, 0.15) is 49.1 Å². The number of nitrogens with one attached hydrogen (secondary N) is 1. The van der Waals surface area contributed by atoms with Crippen molar-refractivity contribution in [2.75, 3.05) is 6.54 Å². The number of hydrogen-bond acceptors (Lipinski definition) is 5. The van der Waals surface area contributed by atoms with Crippen LogP contribution in [0.25, 0.3) is 0 Å². The molecule has 0 aliphatic carbocycles. The fourth-order valence-electron chi connectivity index (χ4n) is 2.13. The summed E-state index contributed by atoms with van der Waals surface area (Å²) in [6.07, 6.45) is 4.68. The molecule has 1 atom stereocenters. The summed E-state index contributed by atoms with van der Waals surface area (Å²) in [6, 6.07) is 0.239. The molecule has 0 saturated heterocycles. The molecule has 0 radical (unpaired) electrons. The molecule has 2 aromatic heterocycles. The maximum Gasteiger partial charge on any atom is 0.110 e. The molecule has 0 amide bonds. The van der Waals surface area contributed by atoms with Gasteiger partial charge in [-0.1, -0.05) is 25.3 Å². The van der Waals surface area contributed by atoms with Gasteiger partial charge in [0, 0.05) is 25.9 Å². The van der Waals surface area contributed by atoms with Gasteiger partial charge in [-0.15, -0.1) is 5.10 Å². The van der Waals surface area contributed by atoms with Crippen molar-refractivity contribution in [3.05, 3.63) is 28.8 Å². The lowest BCUT2D eigenvalue weighted by Crippen LogP contribution is -2.24. The lowest BCUT2D eigenvalue weighted by molar-refractivity contribution is 0.529. The third-order valence-corrected chi connectivity index (χ3v) is 4.02. The number of rotatable bonds is 6. The third-order valence-electron chi connectivity index (χ3n) is 3.16. The maximum absolute atomic E-state index is 4.41. The van der Waals surface area contributed by atoms with Gasteiger partial charge < -0.3 is 9.88 Å². The number of hydrogen-bond donors (Lipinski definition) is 1. The van der Waals surface area contributed by atoms with E-state index in [1.807, 2.05) is 19.4 Å². The molecule has 0 saturated carbocycles. The van der Waals surface area contributed by atoms with Gasteiger partial charge in [0.15, 0.2) is 0 Å². The first-order valence-corrected chi connectivity index (χ1v) is 7.42. The van der Waals surface area contributed by atoms with E-state index in [1.165, 1.54) is 16.4 Å². The number of likely N-dealkylation sites (N-methyl/N-ethyl adjacent to an activating group) is 1. The molecule has 0 bridgehead atoms. The molecule has 1 unspecified atom stereocenters. The van der Waals surface area contributed by atoms with Gasteiger partial charge in [-0.2, -0.15) is 0 Å². The van der Waals surface area contributed by atoms with Gasteiger partial charge in [0.05, 0.1) is 16.6 Å². The van der Waals surface area contributed by atoms with E-state index in [4.69, 9.17) is 0 Å². The van der Waals surface area contributed by atoms with Crippen molar-refractivity contribution >= 4 is 11.5 Å². The van der Waals surface area contributed by atoms with E-state index in [1.54, 1.807) is 0 Å². The Kier molecular flexibility index (Phi) is 4.66. The van der Waals surface area contributed by atoms with Crippen molar-refractivity contribution in [2.45, 2.75) is 39.2 Å². The first kappa shape index (κ1) is 14.1. The Bertz CT molecular complexity index is 517. The summed E-state index contributed by atoms with van der Waals surface area (Å²) in [6.45, 7) is 7.35. The summed E-state index contributed by atoms with van der Waals surface area (Å²) in [5.74, 6) is 1.48. The summed E-state index contributed by atoms with van der Waals surface area (Å²) in [5, 5.41) is 7.79. The van der Waals surface area contributed by atoms with Crippen LogP contribution >= 0.6 is 11.5 Å². The van der Waals surface area contributed by atoms with Crippen LogP contribution in [-0.4, -0.2) is 25.7 Å². The van der Waals surface area contributed by atoms with Crippen molar-refractivity contribution < 1.29 is 0 Å². The molecule has 19 heavy (non-hydrogen) atoms. The van der Waals surface area contributed by atoms with Gasteiger partial charge in [-0.25, -0.2) is 4.98 Å². The van der Waals surface area contributed by atoms with E-state index in [0.717, 1.165) is 24.5 Å². The van der Waals surface area contributed by atoms with Crippen LogP contribution in [0.15, 0.2) is 12.4 Å². The lowest BCUT2D eigenvalue weighted by Gasteiger charge is -2.17. The lowest BCUT2D eigenvalue weighted by atomic mass is 10.0. The predicted octanol–water partition coefficient (Wildman–Crippen LogP) is 2.29. The van der Waals surface area contributed by atoms with E-state index in [9.17, 15) is 0 Å². The van der Waals surface area contributed by atoms with Crippen molar-refractivity contribution in [1.82, 2.24) is 24.5 Å². The van der Waals surface area contributed by atoms with Crippen LogP contribution in [0.4, 0.5) is 0 Å². The second-order valence-electron chi connectivity index (χ2n) is 4.95. The van der Waals surface area contributed by atoms with Crippen LogP contribution in [-0.2, 0) is 13.5 Å². The molecule has 0 spiro atoms. The molecule has 1 N–H and O–H groups in total. The summed E-state index contributed by atoms with van der Waals surface area (Å²) in [4.78, 5) is 5.64. The molecule has 0 aliphatic rings. The standard InChI is InChI=1S/C13H21N5S/c1-5-14-10(8-11-15-6-7-18(11)4)13-12(9(2)3)16-17-19-13/h6-7,9-10,14H,5,8H2,1-4H3. The van der Waals surface area contributed by atoms with Crippen molar-refractivity contribution in [3.63, 3.8) is 0 Å². The minimum Gasteiger partial charge on any atom is -0.338 e. The van der Waals surface area contributed by atoms with Crippen LogP contribution < -0.4 is 5.32 Å². The summed E-state index contributed by atoms with van der Waals surface area (Å²) in [5.41, 5.74) is 1.10. The minimum atomic E-state index is 0.239. The highest BCUT2D eigenvalue weighted by atomic mass is 32.1. The molecule has 0 aliphatic heterocycles. The molecule has 2 aromatic rings. The zero-order valence-electron chi connectivity index (χ0n) is 11.9. The van der Waals surface area contributed by atoms with E-state index >= 15 is 0 Å². The molecule has 104 valence electrons. The van der Waals surface area contributed by atoms with Gasteiger partial charge in [0.1, 0.15) is 5.82 Å². The molecular formula is C13H21N5S. The van der Waals surface area contributed by atoms with E-state index in [2.05, 4.69) is 45.2 Å². The summed E-state index contributed by atoms with van der Waals surface area (Å²) in [7, 11) is 2.03. The number of imidazole rings is 1. The van der Waals surface area contributed by atoms with Crippen LogP contribution in [0.3, 0.4) is 0 Å². The Morgan fingerprint density at radius 2 is 2.21 bits per heavy atom. The zero-order valence-corrected chi connectivity index (χ0v) is 12.7. The van der Waals surface area contributed by atoms with E-state index < -0.39 is 0 Å². The number of aryl methyl sites for hydroxylation is 1. The Morgan fingerprint density at radius 1 is 1.42 bits per heavy atom. The fraction of sp³-hybridized carbons (Fsp3) is 0.615. The average molecular weight is 279 g/mol. The highest BCUT2D eigenvalue weighted by molar-refractivity contribution is 7.05. The number of nitrogens with zero attached hydrogens (tertiary/aromatic N) is 4.